The third kappa shape index (κ3) is 2.33. The van der Waals surface area contributed by atoms with Crippen molar-refractivity contribution < 1.29 is 9.90 Å². The van der Waals surface area contributed by atoms with E-state index in [1.54, 1.807) is 18.3 Å². The van der Waals surface area contributed by atoms with Crippen LogP contribution in [0.5, 0.6) is 0 Å². The summed E-state index contributed by atoms with van der Waals surface area (Å²) >= 11 is 0. The number of carboxylic acids is 1. The van der Waals surface area contributed by atoms with E-state index in [4.69, 9.17) is 5.11 Å². The van der Waals surface area contributed by atoms with Crippen LogP contribution in [-0.4, -0.2) is 16.1 Å². The number of benzene rings is 1. The Kier molecular flexibility index (Phi) is 2.91. The van der Waals surface area contributed by atoms with Gasteiger partial charge in [0, 0.05) is 17.5 Å². The molecule has 0 atom stereocenters. The average Bonchev–Trinajstić information content (AvgIpc) is 2.28. The van der Waals surface area contributed by atoms with E-state index >= 15 is 0 Å². The maximum absolute atomic E-state index is 11.0. The molecule has 0 fully saturated rings. The van der Waals surface area contributed by atoms with Gasteiger partial charge in [0.1, 0.15) is 0 Å². The van der Waals surface area contributed by atoms with E-state index in [1.165, 1.54) is 0 Å². The Bertz CT molecular complexity index is 576. The molecule has 0 saturated heterocycles. The molecule has 1 heterocycles. The molecule has 3 nitrogen and oxygen atoms in total. The second kappa shape index (κ2) is 4.37. The summed E-state index contributed by atoms with van der Waals surface area (Å²) < 4.78 is 0. The minimum absolute atomic E-state index is 0.309. The van der Waals surface area contributed by atoms with Crippen molar-refractivity contribution in [2.75, 3.05) is 0 Å². The summed E-state index contributed by atoms with van der Waals surface area (Å²) in [6.45, 7) is 3.81. The molecule has 0 radical (unpaired) electrons. The Labute approximate surface area is 99.8 Å². The number of pyridine rings is 1. The fraction of sp³-hybridized carbons (Fsp3) is 0.143. The summed E-state index contributed by atoms with van der Waals surface area (Å²) in [7, 11) is 0. The van der Waals surface area contributed by atoms with Gasteiger partial charge in [-0.25, -0.2) is 4.79 Å². The quantitative estimate of drug-likeness (QED) is 0.857. The number of aromatic nitrogens is 1. The molecular weight excluding hydrogens is 214 g/mol. The van der Waals surface area contributed by atoms with Crippen molar-refractivity contribution in [1.29, 1.82) is 0 Å². The van der Waals surface area contributed by atoms with Crippen molar-refractivity contribution in [3.63, 3.8) is 0 Å². The summed E-state index contributed by atoms with van der Waals surface area (Å²) in [5.74, 6) is -0.906. The largest absolute Gasteiger partial charge is 0.478 e. The third-order valence-corrected chi connectivity index (χ3v) is 2.64. The lowest BCUT2D eigenvalue weighted by molar-refractivity contribution is 0.0697. The molecule has 2 rings (SSSR count). The predicted molar refractivity (Wildman–Crippen MR) is 66.1 cm³/mol. The maximum Gasteiger partial charge on any atom is 0.335 e. The zero-order chi connectivity index (χ0) is 12.4. The van der Waals surface area contributed by atoms with Crippen molar-refractivity contribution in [2.45, 2.75) is 13.8 Å². The molecule has 1 aromatic heterocycles. The van der Waals surface area contributed by atoms with Crippen molar-refractivity contribution in [2.24, 2.45) is 0 Å². The highest BCUT2D eigenvalue weighted by atomic mass is 16.4. The first kappa shape index (κ1) is 11.3. The van der Waals surface area contributed by atoms with Crippen LogP contribution in [0.1, 0.15) is 21.6 Å². The van der Waals surface area contributed by atoms with Crippen molar-refractivity contribution >= 4 is 5.97 Å². The topological polar surface area (TPSA) is 50.2 Å². The van der Waals surface area contributed by atoms with E-state index in [2.05, 4.69) is 4.98 Å². The van der Waals surface area contributed by atoms with Gasteiger partial charge in [0.25, 0.3) is 0 Å². The highest BCUT2D eigenvalue weighted by Gasteiger charge is 2.08. The fourth-order valence-corrected chi connectivity index (χ4v) is 1.85. The van der Waals surface area contributed by atoms with Crippen LogP contribution in [0, 0.1) is 13.8 Å². The van der Waals surface area contributed by atoms with Crippen LogP contribution >= 0.6 is 0 Å². The Hall–Kier alpha value is -2.16. The molecule has 0 spiro atoms. The number of hydrogen-bond acceptors (Lipinski definition) is 2. The molecule has 0 aliphatic carbocycles. The zero-order valence-electron chi connectivity index (χ0n) is 9.77. The number of nitrogens with zero attached hydrogens (tertiary/aromatic N) is 1. The van der Waals surface area contributed by atoms with Gasteiger partial charge in [0.15, 0.2) is 0 Å². The van der Waals surface area contributed by atoms with Gasteiger partial charge in [0.2, 0.25) is 0 Å². The molecule has 0 amide bonds. The molecule has 0 unspecified atom stereocenters. The van der Waals surface area contributed by atoms with Gasteiger partial charge >= 0.3 is 5.97 Å². The second-order valence-corrected chi connectivity index (χ2v) is 4.03. The summed E-state index contributed by atoms with van der Waals surface area (Å²) in [6, 6.07) is 9.11. The molecule has 0 aliphatic rings. The molecule has 0 bridgehead atoms. The van der Waals surface area contributed by atoms with E-state index in [0.717, 1.165) is 22.4 Å². The number of hydrogen-bond donors (Lipinski definition) is 1. The van der Waals surface area contributed by atoms with Crippen LogP contribution in [0.4, 0.5) is 0 Å². The van der Waals surface area contributed by atoms with Crippen molar-refractivity contribution in [1.82, 2.24) is 4.98 Å². The maximum atomic E-state index is 11.0. The normalized spacial score (nSPS) is 10.2. The number of carbonyl (C=O) groups is 1. The molecule has 1 aromatic carbocycles. The first-order valence-corrected chi connectivity index (χ1v) is 5.35. The average molecular weight is 227 g/mol. The molecule has 17 heavy (non-hydrogen) atoms. The molecule has 0 saturated carbocycles. The van der Waals surface area contributed by atoms with Crippen LogP contribution in [0.2, 0.25) is 0 Å². The van der Waals surface area contributed by atoms with Gasteiger partial charge in [-0.15, -0.1) is 0 Å². The Balaban J connectivity index is 2.60. The van der Waals surface area contributed by atoms with E-state index in [0.29, 0.717) is 5.56 Å². The Morgan fingerprint density at radius 3 is 2.65 bits per heavy atom. The zero-order valence-corrected chi connectivity index (χ0v) is 9.77. The van der Waals surface area contributed by atoms with E-state index in [9.17, 15) is 4.79 Å². The highest BCUT2D eigenvalue weighted by molar-refractivity contribution is 5.90. The lowest BCUT2D eigenvalue weighted by atomic mass is 9.99. The lowest BCUT2D eigenvalue weighted by Gasteiger charge is -2.07. The lowest BCUT2D eigenvalue weighted by Crippen LogP contribution is -1.98. The molecule has 2 aromatic rings. The molecule has 86 valence electrons. The number of rotatable bonds is 2. The van der Waals surface area contributed by atoms with E-state index in [-0.39, 0.29) is 0 Å². The van der Waals surface area contributed by atoms with Gasteiger partial charge in [-0.05, 0) is 43.2 Å². The summed E-state index contributed by atoms with van der Waals surface area (Å²) in [5.41, 5.74) is 4.01. The SMILES string of the molecule is Cc1cc(C(=O)O)cc(-c2cccnc2C)c1. The summed E-state index contributed by atoms with van der Waals surface area (Å²) in [6.07, 6.45) is 1.73. The standard InChI is InChI=1S/C14H13NO2/c1-9-6-11(8-12(7-9)14(16)17)13-4-3-5-15-10(13)2/h3-8H,1-2H3,(H,16,17). The molecular formula is C14H13NO2. The van der Waals surface area contributed by atoms with E-state index < -0.39 is 5.97 Å². The first-order chi connectivity index (χ1) is 8.08. The minimum atomic E-state index is -0.906. The minimum Gasteiger partial charge on any atom is -0.478 e. The van der Waals surface area contributed by atoms with Crippen LogP contribution in [0.3, 0.4) is 0 Å². The highest BCUT2D eigenvalue weighted by Crippen LogP contribution is 2.24. The predicted octanol–water partition coefficient (Wildman–Crippen LogP) is 3.06. The number of carboxylic acid groups (broad SMARTS) is 1. The van der Waals surface area contributed by atoms with Gasteiger partial charge in [-0.1, -0.05) is 12.1 Å². The Morgan fingerprint density at radius 1 is 1.24 bits per heavy atom. The van der Waals surface area contributed by atoms with Gasteiger partial charge in [0.05, 0.1) is 5.56 Å². The third-order valence-electron chi connectivity index (χ3n) is 2.64. The van der Waals surface area contributed by atoms with Crippen LogP contribution in [-0.2, 0) is 0 Å². The fourth-order valence-electron chi connectivity index (χ4n) is 1.85. The number of aromatic carboxylic acids is 1. The Morgan fingerprint density at radius 2 is 2.00 bits per heavy atom. The van der Waals surface area contributed by atoms with Crippen LogP contribution in [0.15, 0.2) is 36.5 Å². The van der Waals surface area contributed by atoms with Gasteiger partial charge in [-0.3, -0.25) is 4.98 Å². The van der Waals surface area contributed by atoms with E-state index in [1.807, 2.05) is 32.0 Å². The van der Waals surface area contributed by atoms with Crippen molar-refractivity contribution in [3.05, 3.63) is 53.3 Å². The molecule has 1 N–H and O–H groups in total. The summed E-state index contributed by atoms with van der Waals surface area (Å²) in [5, 5.41) is 9.03. The van der Waals surface area contributed by atoms with Gasteiger partial charge < -0.3 is 5.11 Å². The van der Waals surface area contributed by atoms with Crippen LogP contribution in [0.25, 0.3) is 11.1 Å². The second-order valence-electron chi connectivity index (χ2n) is 4.03. The smallest absolute Gasteiger partial charge is 0.335 e. The summed E-state index contributed by atoms with van der Waals surface area (Å²) in [4.78, 5) is 15.2. The monoisotopic (exact) mass is 227 g/mol. The molecule has 0 aliphatic heterocycles. The van der Waals surface area contributed by atoms with Crippen LogP contribution < -0.4 is 0 Å². The molecule has 3 heteroatoms. The van der Waals surface area contributed by atoms with Gasteiger partial charge in [-0.2, -0.15) is 0 Å². The number of aryl methyl sites for hydroxylation is 2. The first-order valence-electron chi connectivity index (χ1n) is 5.35. The van der Waals surface area contributed by atoms with Crippen molar-refractivity contribution in [3.8, 4) is 11.1 Å².